The average molecular weight is 214 g/mol. The molecule has 7 nitrogen and oxygen atoms in total. The van der Waals surface area contributed by atoms with Crippen LogP contribution in [0.2, 0.25) is 0 Å². The lowest BCUT2D eigenvalue weighted by Gasteiger charge is -2.05. The van der Waals surface area contributed by atoms with Crippen molar-refractivity contribution in [3.05, 3.63) is 11.8 Å². The molecule has 0 saturated heterocycles. The summed E-state index contributed by atoms with van der Waals surface area (Å²) in [6.45, 7) is 1.34. The SMILES string of the molecule is COc1cc(C(=O)N[C@@H](C)C(=O)O)on1. The van der Waals surface area contributed by atoms with Crippen LogP contribution >= 0.6 is 0 Å². The molecule has 0 aliphatic heterocycles. The van der Waals surface area contributed by atoms with Crippen molar-refractivity contribution in [1.29, 1.82) is 0 Å². The molecule has 7 heteroatoms. The van der Waals surface area contributed by atoms with Crippen LogP contribution in [0, 0.1) is 0 Å². The van der Waals surface area contributed by atoms with Gasteiger partial charge in [-0.25, -0.2) is 0 Å². The Morgan fingerprint density at radius 1 is 1.67 bits per heavy atom. The van der Waals surface area contributed by atoms with Crippen molar-refractivity contribution in [3.63, 3.8) is 0 Å². The Morgan fingerprint density at radius 3 is 2.80 bits per heavy atom. The second-order valence-corrected chi connectivity index (χ2v) is 2.77. The van der Waals surface area contributed by atoms with Gasteiger partial charge in [0.25, 0.3) is 11.8 Å². The number of nitrogens with one attached hydrogen (secondary N) is 1. The van der Waals surface area contributed by atoms with E-state index in [0.29, 0.717) is 0 Å². The fourth-order valence-corrected chi connectivity index (χ4v) is 0.792. The molecule has 1 aromatic heterocycles. The van der Waals surface area contributed by atoms with Gasteiger partial charge in [0.15, 0.2) is 0 Å². The average Bonchev–Trinajstić information content (AvgIpc) is 2.65. The number of carboxylic acid groups (broad SMARTS) is 1. The number of methoxy groups -OCH3 is 1. The summed E-state index contributed by atoms with van der Waals surface area (Å²) in [5, 5.41) is 14.2. The van der Waals surface area contributed by atoms with E-state index in [2.05, 4.69) is 15.0 Å². The van der Waals surface area contributed by atoms with E-state index in [9.17, 15) is 9.59 Å². The number of amides is 1. The third-order valence-electron chi connectivity index (χ3n) is 1.64. The van der Waals surface area contributed by atoms with E-state index in [1.807, 2.05) is 0 Å². The van der Waals surface area contributed by atoms with Crippen LogP contribution in [0.4, 0.5) is 0 Å². The molecule has 0 fully saturated rings. The summed E-state index contributed by atoms with van der Waals surface area (Å²) in [6, 6.07) is 0.276. The molecule has 1 heterocycles. The van der Waals surface area contributed by atoms with E-state index < -0.39 is 17.9 Å². The Kier molecular flexibility index (Phi) is 3.27. The highest BCUT2D eigenvalue weighted by atomic mass is 16.5. The number of hydrogen-bond donors (Lipinski definition) is 2. The van der Waals surface area contributed by atoms with E-state index in [1.54, 1.807) is 0 Å². The molecular formula is C8H10N2O5. The molecule has 2 N–H and O–H groups in total. The summed E-state index contributed by atoms with van der Waals surface area (Å²) in [6.07, 6.45) is 0. The summed E-state index contributed by atoms with van der Waals surface area (Å²) >= 11 is 0. The lowest BCUT2D eigenvalue weighted by molar-refractivity contribution is -0.138. The minimum absolute atomic E-state index is 0.0973. The first-order chi connectivity index (χ1) is 7.04. The van der Waals surface area contributed by atoms with Crippen molar-refractivity contribution in [3.8, 4) is 5.88 Å². The van der Waals surface area contributed by atoms with Crippen molar-refractivity contribution in [2.75, 3.05) is 7.11 Å². The minimum atomic E-state index is -1.13. The van der Waals surface area contributed by atoms with Crippen LogP contribution in [0.15, 0.2) is 10.6 Å². The summed E-state index contributed by atoms with van der Waals surface area (Å²) in [5.41, 5.74) is 0. The number of nitrogens with zero attached hydrogens (tertiary/aromatic N) is 1. The fraction of sp³-hybridized carbons (Fsp3) is 0.375. The Bertz CT molecular complexity index is 373. The third kappa shape index (κ3) is 2.70. The Hall–Kier alpha value is -2.05. The Balaban J connectivity index is 2.65. The minimum Gasteiger partial charge on any atom is -0.480 e. The molecule has 0 unspecified atom stereocenters. The van der Waals surface area contributed by atoms with Gasteiger partial charge in [-0.2, -0.15) is 0 Å². The summed E-state index contributed by atoms with van der Waals surface area (Å²) in [7, 11) is 1.37. The van der Waals surface area contributed by atoms with Gasteiger partial charge in [0.05, 0.1) is 13.2 Å². The van der Waals surface area contributed by atoms with E-state index >= 15 is 0 Å². The van der Waals surface area contributed by atoms with Gasteiger partial charge in [0, 0.05) is 0 Å². The number of hydrogen-bond acceptors (Lipinski definition) is 5. The molecule has 0 aliphatic rings. The van der Waals surface area contributed by atoms with E-state index in [0.717, 1.165) is 0 Å². The molecule has 1 rings (SSSR count). The number of aromatic nitrogens is 1. The third-order valence-corrected chi connectivity index (χ3v) is 1.64. The molecule has 0 spiro atoms. The number of rotatable bonds is 4. The van der Waals surface area contributed by atoms with Crippen LogP contribution in [0.5, 0.6) is 5.88 Å². The lowest BCUT2D eigenvalue weighted by Crippen LogP contribution is -2.38. The van der Waals surface area contributed by atoms with Crippen LogP contribution in [0.25, 0.3) is 0 Å². The van der Waals surface area contributed by atoms with Gasteiger partial charge in [-0.05, 0) is 12.1 Å². The zero-order valence-electron chi connectivity index (χ0n) is 8.18. The predicted molar refractivity (Wildman–Crippen MR) is 47.6 cm³/mol. The van der Waals surface area contributed by atoms with E-state index in [4.69, 9.17) is 9.84 Å². The molecule has 0 aromatic carbocycles. The molecule has 15 heavy (non-hydrogen) atoms. The zero-order chi connectivity index (χ0) is 11.4. The monoisotopic (exact) mass is 214 g/mol. The molecule has 0 bridgehead atoms. The van der Waals surface area contributed by atoms with Crippen LogP contribution in [-0.4, -0.2) is 35.3 Å². The molecule has 1 aromatic rings. The second-order valence-electron chi connectivity index (χ2n) is 2.77. The summed E-state index contributed by atoms with van der Waals surface area (Å²) in [5.74, 6) is -1.72. The highest BCUT2D eigenvalue weighted by Crippen LogP contribution is 2.10. The first-order valence-electron chi connectivity index (χ1n) is 4.09. The summed E-state index contributed by atoms with van der Waals surface area (Å²) in [4.78, 5) is 21.8. The predicted octanol–water partition coefficient (Wildman–Crippen LogP) is -0.114. The molecule has 0 saturated carbocycles. The molecule has 82 valence electrons. The maximum Gasteiger partial charge on any atom is 0.325 e. The van der Waals surface area contributed by atoms with E-state index in [1.165, 1.54) is 20.1 Å². The molecular weight excluding hydrogens is 204 g/mol. The molecule has 1 amide bonds. The quantitative estimate of drug-likeness (QED) is 0.724. The van der Waals surface area contributed by atoms with Crippen LogP contribution in [0.1, 0.15) is 17.5 Å². The van der Waals surface area contributed by atoms with Crippen LogP contribution in [0.3, 0.4) is 0 Å². The first kappa shape index (κ1) is 11.0. The zero-order valence-corrected chi connectivity index (χ0v) is 8.18. The molecule has 0 aliphatic carbocycles. The van der Waals surface area contributed by atoms with Crippen molar-refractivity contribution in [2.45, 2.75) is 13.0 Å². The van der Waals surface area contributed by atoms with Crippen molar-refractivity contribution >= 4 is 11.9 Å². The maximum atomic E-state index is 11.3. The van der Waals surface area contributed by atoms with Crippen LogP contribution in [-0.2, 0) is 4.79 Å². The van der Waals surface area contributed by atoms with Gasteiger partial charge in [0.2, 0.25) is 5.76 Å². The topological polar surface area (TPSA) is 102 Å². The van der Waals surface area contributed by atoms with Crippen molar-refractivity contribution in [1.82, 2.24) is 10.5 Å². The lowest BCUT2D eigenvalue weighted by atomic mass is 10.3. The van der Waals surface area contributed by atoms with Gasteiger partial charge in [-0.3, -0.25) is 9.59 Å². The highest BCUT2D eigenvalue weighted by molar-refractivity contribution is 5.94. The van der Waals surface area contributed by atoms with Gasteiger partial charge >= 0.3 is 5.97 Å². The Labute approximate surface area is 85.0 Å². The largest absolute Gasteiger partial charge is 0.480 e. The number of carbonyl (C=O) groups is 2. The van der Waals surface area contributed by atoms with Gasteiger partial charge in [0.1, 0.15) is 6.04 Å². The van der Waals surface area contributed by atoms with Crippen molar-refractivity contribution < 1.29 is 24.0 Å². The normalized spacial score (nSPS) is 11.9. The number of carboxylic acids is 1. The first-order valence-corrected chi connectivity index (χ1v) is 4.09. The van der Waals surface area contributed by atoms with Gasteiger partial charge in [-0.1, -0.05) is 0 Å². The highest BCUT2D eigenvalue weighted by Gasteiger charge is 2.18. The second kappa shape index (κ2) is 4.45. The smallest absolute Gasteiger partial charge is 0.325 e. The summed E-state index contributed by atoms with van der Waals surface area (Å²) < 4.78 is 9.31. The maximum absolute atomic E-state index is 11.3. The Morgan fingerprint density at radius 2 is 2.33 bits per heavy atom. The van der Waals surface area contributed by atoms with Crippen molar-refractivity contribution in [2.24, 2.45) is 0 Å². The van der Waals surface area contributed by atoms with E-state index in [-0.39, 0.29) is 11.6 Å². The number of aliphatic carboxylic acids is 1. The van der Waals surface area contributed by atoms with Gasteiger partial charge < -0.3 is 19.7 Å². The van der Waals surface area contributed by atoms with Gasteiger partial charge in [-0.15, -0.1) is 0 Å². The fourth-order valence-electron chi connectivity index (χ4n) is 0.792. The standard InChI is InChI=1S/C8H10N2O5/c1-4(8(12)13)9-7(11)5-3-6(14-2)10-15-5/h3-4H,1-2H3,(H,9,11)(H,12,13)/t4-/m0/s1. The number of carbonyl (C=O) groups excluding carboxylic acids is 1. The molecule has 0 radical (unpaired) electrons. The number of ether oxygens (including phenoxy) is 1. The molecule has 1 atom stereocenters. The van der Waals surface area contributed by atoms with Crippen LogP contribution < -0.4 is 10.1 Å².